The average molecular weight is 292 g/mol. The maximum atomic E-state index is 10.9. The molecule has 0 bridgehead atoms. The van der Waals surface area contributed by atoms with E-state index in [2.05, 4.69) is 27.8 Å². The quantitative estimate of drug-likeness (QED) is 0.462. The van der Waals surface area contributed by atoms with Gasteiger partial charge in [0.15, 0.2) is 5.82 Å². The maximum Gasteiger partial charge on any atom is 0.271 e. The Bertz CT molecular complexity index is 627. The van der Waals surface area contributed by atoms with E-state index in [0.29, 0.717) is 23.8 Å². The summed E-state index contributed by atoms with van der Waals surface area (Å²) in [5.41, 5.74) is 0.388. The van der Waals surface area contributed by atoms with Crippen molar-refractivity contribution >= 4 is 5.69 Å². The summed E-state index contributed by atoms with van der Waals surface area (Å²) in [6.07, 6.45) is 0.988. The number of nitro benzene ring substituents is 1. The minimum absolute atomic E-state index is 0.0474. The third-order valence-corrected chi connectivity index (χ3v) is 2.85. The number of nitrogens with zero attached hydrogens (tertiary/aromatic N) is 5. The fourth-order valence-corrected chi connectivity index (χ4v) is 1.84. The standard InChI is InChI=1S/C12H16N6O3/c1-3-6-13-8-12-14-15-16-17(12)10-7-9(18(19)20)4-5-11(10)21-2/h4-5,7,13H,3,6,8H2,1-2H3. The van der Waals surface area contributed by atoms with Gasteiger partial charge in [0.05, 0.1) is 18.6 Å². The zero-order valence-corrected chi connectivity index (χ0v) is 11.8. The normalized spacial score (nSPS) is 10.6. The topological polar surface area (TPSA) is 108 Å². The number of hydrogen-bond donors (Lipinski definition) is 1. The Kier molecular flexibility index (Phi) is 4.77. The molecule has 0 amide bonds. The van der Waals surface area contributed by atoms with Crippen molar-refractivity contribution < 1.29 is 9.66 Å². The first kappa shape index (κ1) is 14.9. The molecule has 0 unspecified atom stereocenters. The number of aromatic nitrogens is 4. The van der Waals surface area contributed by atoms with Gasteiger partial charge in [-0.25, -0.2) is 0 Å². The predicted molar refractivity (Wildman–Crippen MR) is 74.4 cm³/mol. The second-order valence-corrected chi connectivity index (χ2v) is 4.30. The highest BCUT2D eigenvalue weighted by Crippen LogP contribution is 2.27. The Labute approximate surface area is 121 Å². The number of tetrazole rings is 1. The van der Waals surface area contributed by atoms with Crippen molar-refractivity contribution in [3.63, 3.8) is 0 Å². The number of ether oxygens (including phenoxy) is 1. The van der Waals surface area contributed by atoms with Crippen LogP contribution in [0.1, 0.15) is 19.2 Å². The van der Waals surface area contributed by atoms with Gasteiger partial charge in [0.25, 0.3) is 5.69 Å². The van der Waals surface area contributed by atoms with Crippen LogP contribution in [0.25, 0.3) is 5.69 Å². The highest BCUT2D eigenvalue weighted by molar-refractivity contribution is 5.53. The van der Waals surface area contributed by atoms with Crippen molar-refractivity contribution in [1.29, 1.82) is 0 Å². The second-order valence-electron chi connectivity index (χ2n) is 4.30. The molecule has 0 saturated heterocycles. The summed E-state index contributed by atoms with van der Waals surface area (Å²) in [5.74, 6) is 1.02. The van der Waals surface area contributed by atoms with E-state index in [4.69, 9.17) is 4.74 Å². The van der Waals surface area contributed by atoms with Crippen LogP contribution in [0.15, 0.2) is 18.2 Å². The maximum absolute atomic E-state index is 10.9. The van der Waals surface area contributed by atoms with Gasteiger partial charge in [-0.3, -0.25) is 10.1 Å². The first-order chi connectivity index (χ1) is 10.2. The van der Waals surface area contributed by atoms with Gasteiger partial charge < -0.3 is 10.1 Å². The van der Waals surface area contributed by atoms with Crippen LogP contribution in [0, 0.1) is 10.1 Å². The highest BCUT2D eigenvalue weighted by Gasteiger charge is 2.17. The van der Waals surface area contributed by atoms with Gasteiger partial charge in [0, 0.05) is 12.1 Å². The van der Waals surface area contributed by atoms with Crippen LogP contribution in [0.2, 0.25) is 0 Å². The van der Waals surface area contributed by atoms with Crippen molar-refractivity contribution in [3.8, 4) is 11.4 Å². The molecule has 1 heterocycles. The monoisotopic (exact) mass is 292 g/mol. The molecule has 9 heteroatoms. The Morgan fingerprint density at radius 3 is 2.95 bits per heavy atom. The lowest BCUT2D eigenvalue weighted by atomic mass is 10.2. The van der Waals surface area contributed by atoms with E-state index in [9.17, 15) is 10.1 Å². The SMILES string of the molecule is CCCNCc1nnnn1-c1cc([N+](=O)[O-])ccc1OC. The molecule has 0 aliphatic heterocycles. The van der Waals surface area contributed by atoms with Crippen LogP contribution in [0.4, 0.5) is 5.69 Å². The van der Waals surface area contributed by atoms with E-state index in [1.165, 1.54) is 30.0 Å². The van der Waals surface area contributed by atoms with E-state index < -0.39 is 4.92 Å². The molecule has 2 rings (SSSR count). The molecule has 2 aromatic rings. The second kappa shape index (κ2) is 6.75. The lowest BCUT2D eigenvalue weighted by Crippen LogP contribution is -2.18. The third-order valence-electron chi connectivity index (χ3n) is 2.85. The van der Waals surface area contributed by atoms with Crippen LogP contribution in [0.5, 0.6) is 5.75 Å². The molecule has 21 heavy (non-hydrogen) atoms. The Hall–Kier alpha value is -2.55. The molecular weight excluding hydrogens is 276 g/mol. The number of hydrogen-bond acceptors (Lipinski definition) is 7. The molecule has 0 atom stereocenters. The fourth-order valence-electron chi connectivity index (χ4n) is 1.84. The molecule has 0 spiro atoms. The van der Waals surface area contributed by atoms with Crippen LogP contribution in [-0.2, 0) is 6.54 Å². The fraction of sp³-hybridized carbons (Fsp3) is 0.417. The molecule has 1 aromatic heterocycles. The zero-order chi connectivity index (χ0) is 15.2. The van der Waals surface area contributed by atoms with E-state index in [1.54, 1.807) is 0 Å². The zero-order valence-electron chi connectivity index (χ0n) is 11.8. The van der Waals surface area contributed by atoms with Crippen molar-refractivity contribution in [2.75, 3.05) is 13.7 Å². The number of nitro groups is 1. The molecule has 0 fully saturated rings. The summed E-state index contributed by atoms with van der Waals surface area (Å²) in [6, 6.07) is 4.29. The minimum atomic E-state index is -0.470. The van der Waals surface area contributed by atoms with Gasteiger partial charge >= 0.3 is 0 Å². The van der Waals surface area contributed by atoms with Crippen molar-refractivity contribution in [3.05, 3.63) is 34.1 Å². The van der Waals surface area contributed by atoms with Gasteiger partial charge in [-0.05, 0) is 29.5 Å². The van der Waals surface area contributed by atoms with Crippen molar-refractivity contribution in [2.45, 2.75) is 19.9 Å². The molecule has 0 saturated carbocycles. The van der Waals surface area contributed by atoms with Gasteiger partial charge in [0.1, 0.15) is 11.4 Å². The van der Waals surface area contributed by atoms with Gasteiger partial charge in [-0.15, -0.1) is 5.10 Å². The van der Waals surface area contributed by atoms with E-state index in [-0.39, 0.29) is 5.69 Å². The van der Waals surface area contributed by atoms with Crippen molar-refractivity contribution in [1.82, 2.24) is 25.5 Å². The predicted octanol–water partition coefficient (Wildman–Crippen LogP) is 1.08. The Balaban J connectivity index is 2.38. The number of methoxy groups -OCH3 is 1. The summed E-state index contributed by atoms with van der Waals surface area (Å²) in [7, 11) is 1.49. The first-order valence-electron chi connectivity index (χ1n) is 6.48. The summed E-state index contributed by atoms with van der Waals surface area (Å²) >= 11 is 0. The molecular formula is C12H16N6O3. The van der Waals surface area contributed by atoms with Crippen LogP contribution in [-0.4, -0.2) is 38.8 Å². The number of benzene rings is 1. The highest BCUT2D eigenvalue weighted by atomic mass is 16.6. The largest absolute Gasteiger partial charge is 0.494 e. The molecule has 1 aromatic carbocycles. The molecule has 0 aliphatic rings. The van der Waals surface area contributed by atoms with Crippen LogP contribution in [0.3, 0.4) is 0 Å². The molecule has 112 valence electrons. The molecule has 0 aliphatic carbocycles. The van der Waals surface area contributed by atoms with Crippen LogP contribution < -0.4 is 10.1 Å². The van der Waals surface area contributed by atoms with Gasteiger partial charge in [-0.2, -0.15) is 4.68 Å². The summed E-state index contributed by atoms with van der Waals surface area (Å²) in [6.45, 7) is 3.35. The minimum Gasteiger partial charge on any atom is -0.494 e. The van der Waals surface area contributed by atoms with Crippen LogP contribution >= 0.6 is 0 Å². The lowest BCUT2D eigenvalue weighted by molar-refractivity contribution is -0.384. The number of rotatable bonds is 7. The molecule has 1 N–H and O–H groups in total. The van der Waals surface area contributed by atoms with E-state index in [1.807, 2.05) is 0 Å². The van der Waals surface area contributed by atoms with E-state index >= 15 is 0 Å². The Morgan fingerprint density at radius 2 is 2.29 bits per heavy atom. The van der Waals surface area contributed by atoms with Gasteiger partial charge in [0.2, 0.25) is 0 Å². The number of nitrogens with one attached hydrogen (secondary N) is 1. The molecule has 0 radical (unpaired) electrons. The molecule has 9 nitrogen and oxygen atoms in total. The summed E-state index contributed by atoms with van der Waals surface area (Å²) in [4.78, 5) is 10.4. The van der Waals surface area contributed by atoms with E-state index in [0.717, 1.165) is 13.0 Å². The average Bonchev–Trinajstić information content (AvgIpc) is 2.95. The summed E-state index contributed by atoms with van der Waals surface area (Å²) < 4.78 is 6.66. The third kappa shape index (κ3) is 3.31. The van der Waals surface area contributed by atoms with Gasteiger partial charge in [-0.1, -0.05) is 6.92 Å². The number of non-ortho nitro benzene ring substituents is 1. The lowest BCUT2D eigenvalue weighted by Gasteiger charge is -2.09. The summed E-state index contributed by atoms with van der Waals surface area (Å²) in [5, 5.41) is 25.5. The smallest absolute Gasteiger partial charge is 0.271 e. The Morgan fingerprint density at radius 1 is 1.48 bits per heavy atom. The van der Waals surface area contributed by atoms with Crippen molar-refractivity contribution in [2.24, 2.45) is 0 Å². The first-order valence-corrected chi connectivity index (χ1v) is 6.48.